The predicted molar refractivity (Wildman–Crippen MR) is 99.7 cm³/mol. The molecule has 0 aliphatic carbocycles. The summed E-state index contributed by atoms with van der Waals surface area (Å²) < 4.78 is 16.0. The third kappa shape index (κ3) is 4.17. The Bertz CT molecular complexity index is 1050. The average Bonchev–Trinajstić information content (AvgIpc) is 3.17. The number of benzene rings is 1. The summed E-state index contributed by atoms with van der Waals surface area (Å²) in [5, 5.41) is 21.7. The molecule has 0 radical (unpaired) electrons. The van der Waals surface area contributed by atoms with Crippen molar-refractivity contribution in [2.24, 2.45) is 0 Å². The highest BCUT2D eigenvalue weighted by atomic mass is 35.5. The van der Waals surface area contributed by atoms with Crippen LogP contribution in [0.2, 0.25) is 5.02 Å². The molecule has 28 heavy (non-hydrogen) atoms. The Balaban J connectivity index is 1.73. The van der Waals surface area contributed by atoms with Crippen molar-refractivity contribution in [1.29, 1.82) is 0 Å². The average molecular weight is 407 g/mol. The molecule has 2 heterocycles. The van der Waals surface area contributed by atoms with E-state index >= 15 is 0 Å². The van der Waals surface area contributed by atoms with E-state index in [4.69, 9.17) is 11.6 Å². The van der Waals surface area contributed by atoms with Crippen molar-refractivity contribution in [2.75, 3.05) is 5.32 Å². The second-order valence-corrected chi connectivity index (χ2v) is 6.57. The van der Waals surface area contributed by atoms with E-state index in [2.05, 4.69) is 15.5 Å². The van der Waals surface area contributed by atoms with Gasteiger partial charge in [-0.25, -0.2) is 4.39 Å². The van der Waals surface area contributed by atoms with Crippen LogP contribution in [0.25, 0.3) is 0 Å². The van der Waals surface area contributed by atoms with Crippen LogP contribution in [0, 0.1) is 22.9 Å². The first-order valence-electron chi connectivity index (χ1n) is 8.23. The van der Waals surface area contributed by atoms with Gasteiger partial charge < -0.3 is 15.4 Å². The zero-order valence-electron chi connectivity index (χ0n) is 15.0. The Morgan fingerprint density at radius 1 is 1.39 bits per heavy atom. The molecule has 0 saturated heterocycles. The van der Waals surface area contributed by atoms with E-state index in [1.165, 1.54) is 33.8 Å². The summed E-state index contributed by atoms with van der Waals surface area (Å²) in [4.78, 5) is 22.7. The number of rotatable bonds is 6. The summed E-state index contributed by atoms with van der Waals surface area (Å²) >= 11 is 6.13. The van der Waals surface area contributed by atoms with Gasteiger partial charge in [0.1, 0.15) is 16.9 Å². The highest BCUT2D eigenvalue weighted by molar-refractivity contribution is 6.33. The quantitative estimate of drug-likeness (QED) is 0.499. The second-order valence-electron chi connectivity index (χ2n) is 6.16. The number of halogens is 2. The van der Waals surface area contributed by atoms with E-state index in [1.54, 1.807) is 26.0 Å². The fourth-order valence-corrected chi connectivity index (χ4v) is 2.87. The minimum absolute atomic E-state index is 0.134. The number of hydrogen-bond acceptors (Lipinski definition) is 5. The molecule has 146 valence electrons. The van der Waals surface area contributed by atoms with Crippen molar-refractivity contribution in [3.05, 3.63) is 68.7 Å². The topological polar surface area (TPSA) is 108 Å². The zero-order chi connectivity index (χ0) is 20.4. The SMILES string of the molecule is Cc1cc([N+](=O)[O-])nn1C(C)C(=O)Nc1nn(Cc2cccc(F)c2)cc1Cl. The molecule has 11 heteroatoms. The molecule has 0 saturated carbocycles. The summed E-state index contributed by atoms with van der Waals surface area (Å²) in [5.74, 6) is -1.05. The molecule has 0 spiro atoms. The molecular weight excluding hydrogens is 391 g/mol. The van der Waals surface area contributed by atoms with Crippen LogP contribution in [0.4, 0.5) is 16.0 Å². The molecule has 1 N–H and O–H groups in total. The summed E-state index contributed by atoms with van der Waals surface area (Å²) in [6.45, 7) is 3.44. The number of nitrogens with zero attached hydrogens (tertiary/aromatic N) is 5. The normalized spacial score (nSPS) is 12.0. The number of nitrogens with one attached hydrogen (secondary N) is 1. The van der Waals surface area contributed by atoms with E-state index in [-0.39, 0.29) is 29.0 Å². The first-order valence-corrected chi connectivity index (χ1v) is 8.61. The van der Waals surface area contributed by atoms with Crippen LogP contribution >= 0.6 is 11.6 Å². The summed E-state index contributed by atoms with van der Waals surface area (Å²) in [5.41, 5.74) is 1.15. The van der Waals surface area contributed by atoms with Gasteiger partial charge in [-0.1, -0.05) is 23.7 Å². The fraction of sp³-hybridized carbons (Fsp3) is 0.235. The Kier molecular flexibility index (Phi) is 5.41. The molecular formula is C17H16ClFN6O3. The molecule has 1 unspecified atom stereocenters. The Morgan fingerprint density at radius 2 is 2.14 bits per heavy atom. The Labute approximate surface area is 163 Å². The first-order chi connectivity index (χ1) is 13.2. The molecule has 3 rings (SSSR count). The maximum atomic E-state index is 13.3. The lowest BCUT2D eigenvalue weighted by molar-refractivity contribution is -0.389. The number of hydrogen-bond donors (Lipinski definition) is 1. The lowest BCUT2D eigenvalue weighted by Crippen LogP contribution is -2.25. The van der Waals surface area contributed by atoms with Gasteiger partial charge in [0.05, 0.1) is 23.4 Å². The van der Waals surface area contributed by atoms with Crippen LogP contribution in [0.15, 0.2) is 36.5 Å². The fourth-order valence-electron chi connectivity index (χ4n) is 2.67. The first kappa shape index (κ1) is 19.5. The third-order valence-corrected chi connectivity index (χ3v) is 4.31. The number of aromatic nitrogens is 4. The molecule has 1 aromatic carbocycles. The smallest absolute Gasteiger partial charge is 0.358 e. The number of amides is 1. The van der Waals surface area contributed by atoms with Crippen molar-refractivity contribution < 1.29 is 14.1 Å². The van der Waals surface area contributed by atoms with Crippen LogP contribution in [-0.4, -0.2) is 30.4 Å². The molecule has 0 aliphatic heterocycles. The molecule has 0 bridgehead atoms. The second kappa shape index (κ2) is 7.77. The Morgan fingerprint density at radius 3 is 2.79 bits per heavy atom. The maximum Gasteiger partial charge on any atom is 0.390 e. The van der Waals surface area contributed by atoms with Crippen LogP contribution < -0.4 is 5.32 Å². The van der Waals surface area contributed by atoms with E-state index in [9.17, 15) is 19.3 Å². The van der Waals surface area contributed by atoms with Crippen LogP contribution in [-0.2, 0) is 11.3 Å². The highest BCUT2D eigenvalue weighted by Crippen LogP contribution is 2.22. The number of carbonyl (C=O) groups excluding carboxylic acids is 1. The lowest BCUT2D eigenvalue weighted by atomic mass is 10.2. The number of carbonyl (C=O) groups is 1. The van der Waals surface area contributed by atoms with Crippen molar-refractivity contribution in [2.45, 2.75) is 26.4 Å². The minimum atomic E-state index is -0.821. The largest absolute Gasteiger partial charge is 0.390 e. The van der Waals surface area contributed by atoms with Gasteiger partial charge in [-0.15, -0.1) is 0 Å². The zero-order valence-corrected chi connectivity index (χ0v) is 15.7. The monoisotopic (exact) mass is 406 g/mol. The number of nitro groups is 1. The predicted octanol–water partition coefficient (Wildman–Crippen LogP) is 3.34. The van der Waals surface area contributed by atoms with Crippen molar-refractivity contribution in [3.8, 4) is 0 Å². The van der Waals surface area contributed by atoms with Crippen LogP contribution in [0.5, 0.6) is 0 Å². The maximum absolute atomic E-state index is 13.3. The molecule has 1 amide bonds. The van der Waals surface area contributed by atoms with Gasteiger partial charge in [0.2, 0.25) is 0 Å². The van der Waals surface area contributed by atoms with Gasteiger partial charge in [-0.05, 0) is 36.5 Å². The standard InChI is InChI=1S/C17H16ClFN6O3/c1-10-6-15(25(27)28)21-24(10)11(2)17(26)20-16-14(18)9-23(22-16)8-12-4-3-5-13(19)7-12/h3-7,9,11H,8H2,1-2H3,(H,20,22,26). The molecule has 1 atom stereocenters. The van der Waals surface area contributed by atoms with Gasteiger partial charge >= 0.3 is 5.82 Å². The number of anilines is 1. The van der Waals surface area contributed by atoms with Gasteiger partial charge in [0, 0.05) is 6.20 Å². The van der Waals surface area contributed by atoms with Crippen molar-refractivity contribution >= 4 is 29.1 Å². The van der Waals surface area contributed by atoms with Crippen molar-refractivity contribution in [3.63, 3.8) is 0 Å². The highest BCUT2D eigenvalue weighted by Gasteiger charge is 2.25. The van der Waals surface area contributed by atoms with Gasteiger partial charge in [0.15, 0.2) is 5.82 Å². The van der Waals surface area contributed by atoms with E-state index < -0.39 is 16.9 Å². The Hall–Kier alpha value is -3.27. The van der Waals surface area contributed by atoms with Gasteiger partial charge in [-0.2, -0.15) is 9.78 Å². The molecule has 2 aromatic heterocycles. The number of aryl methyl sites for hydroxylation is 1. The van der Waals surface area contributed by atoms with Crippen molar-refractivity contribution in [1.82, 2.24) is 19.6 Å². The molecule has 3 aromatic rings. The minimum Gasteiger partial charge on any atom is -0.358 e. The molecule has 0 aliphatic rings. The third-order valence-electron chi connectivity index (χ3n) is 4.04. The molecule has 0 fully saturated rings. The summed E-state index contributed by atoms with van der Waals surface area (Å²) in [7, 11) is 0. The van der Waals surface area contributed by atoms with Crippen LogP contribution in [0.3, 0.4) is 0 Å². The summed E-state index contributed by atoms with van der Waals surface area (Å²) in [6.07, 6.45) is 1.51. The van der Waals surface area contributed by atoms with E-state index in [0.29, 0.717) is 11.3 Å². The summed E-state index contributed by atoms with van der Waals surface area (Å²) in [6, 6.07) is 6.51. The van der Waals surface area contributed by atoms with Gasteiger partial charge in [0.25, 0.3) is 5.91 Å². The van der Waals surface area contributed by atoms with E-state index in [0.717, 1.165) is 0 Å². The molecule has 9 nitrogen and oxygen atoms in total. The van der Waals surface area contributed by atoms with Gasteiger partial charge in [-0.3, -0.25) is 9.48 Å². The van der Waals surface area contributed by atoms with Crippen LogP contribution in [0.1, 0.15) is 24.2 Å². The lowest BCUT2D eigenvalue weighted by Gasteiger charge is -2.10. The van der Waals surface area contributed by atoms with E-state index in [1.807, 2.05) is 0 Å².